The van der Waals surface area contributed by atoms with E-state index in [0.29, 0.717) is 18.8 Å². The van der Waals surface area contributed by atoms with E-state index in [-0.39, 0.29) is 23.7 Å². The highest BCUT2D eigenvalue weighted by atomic mass is 35.5. The van der Waals surface area contributed by atoms with Gasteiger partial charge in [0.25, 0.3) is 0 Å². The van der Waals surface area contributed by atoms with Crippen molar-refractivity contribution in [1.82, 2.24) is 9.88 Å². The smallest absolute Gasteiger partial charge is 0.233 e. The number of nitrogens with zero attached hydrogens (tertiary/aromatic N) is 2. The van der Waals surface area contributed by atoms with Crippen LogP contribution in [0.3, 0.4) is 0 Å². The first kappa shape index (κ1) is 13.1. The first-order chi connectivity index (χ1) is 9.20. The van der Waals surface area contributed by atoms with Crippen LogP contribution >= 0.6 is 22.9 Å². The fourth-order valence-corrected chi connectivity index (χ4v) is 4.03. The van der Waals surface area contributed by atoms with Gasteiger partial charge in [0.05, 0.1) is 28.4 Å². The van der Waals surface area contributed by atoms with E-state index in [9.17, 15) is 9.59 Å². The Hall–Kier alpha value is -0.940. The minimum Gasteiger partial charge on any atom is -0.282 e. The molecule has 102 valence electrons. The summed E-state index contributed by atoms with van der Waals surface area (Å²) in [5, 5.41) is 2.86. The van der Waals surface area contributed by atoms with Crippen LogP contribution in [0.2, 0.25) is 0 Å². The molecule has 0 bridgehead atoms. The third kappa shape index (κ3) is 2.30. The van der Waals surface area contributed by atoms with E-state index in [1.165, 1.54) is 16.2 Å². The number of likely N-dealkylation sites (tertiary alicyclic amines) is 1. The molecule has 2 heterocycles. The molecule has 2 aliphatic rings. The molecule has 2 unspecified atom stereocenters. The number of halogens is 1. The minimum atomic E-state index is -0.0396. The summed E-state index contributed by atoms with van der Waals surface area (Å²) in [5.41, 5.74) is 0.859. The first-order valence-corrected chi connectivity index (χ1v) is 7.96. The summed E-state index contributed by atoms with van der Waals surface area (Å²) in [6, 6.07) is 0. The fourth-order valence-electron chi connectivity index (χ4n) is 3.01. The zero-order valence-corrected chi connectivity index (χ0v) is 12.0. The van der Waals surface area contributed by atoms with Crippen LogP contribution in [-0.4, -0.2) is 28.2 Å². The SMILES string of the molecule is O=C1C2CCCC2C(=O)N1CCc1nc(CCl)cs1. The Bertz CT molecular complexity index is 494. The largest absolute Gasteiger partial charge is 0.282 e. The van der Waals surface area contributed by atoms with Crippen LogP contribution in [0, 0.1) is 11.8 Å². The number of aromatic nitrogens is 1. The first-order valence-electron chi connectivity index (χ1n) is 6.55. The third-order valence-electron chi connectivity index (χ3n) is 3.97. The van der Waals surface area contributed by atoms with Gasteiger partial charge in [-0.05, 0) is 12.8 Å². The number of carbonyl (C=O) groups is 2. The molecule has 2 atom stereocenters. The second-order valence-corrected chi connectivity index (χ2v) is 6.30. The van der Waals surface area contributed by atoms with Crippen molar-refractivity contribution < 1.29 is 9.59 Å². The quantitative estimate of drug-likeness (QED) is 0.632. The van der Waals surface area contributed by atoms with Crippen LogP contribution in [0.25, 0.3) is 0 Å². The lowest BCUT2D eigenvalue weighted by atomic mass is 10.00. The molecule has 1 saturated heterocycles. The highest BCUT2D eigenvalue weighted by Gasteiger charge is 2.49. The highest BCUT2D eigenvalue weighted by Crippen LogP contribution is 2.39. The molecule has 0 radical (unpaired) electrons. The molecule has 1 aliphatic heterocycles. The highest BCUT2D eigenvalue weighted by molar-refractivity contribution is 7.09. The van der Waals surface area contributed by atoms with Crippen LogP contribution in [-0.2, 0) is 21.9 Å². The summed E-state index contributed by atoms with van der Waals surface area (Å²) in [4.78, 5) is 30.1. The molecule has 0 N–H and O–H groups in total. The average Bonchev–Trinajstić information content (AvgIpc) is 3.10. The van der Waals surface area contributed by atoms with Gasteiger partial charge >= 0.3 is 0 Å². The fraction of sp³-hybridized carbons (Fsp3) is 0.615. The van der Waals surface area contributed by atoms with Crippen molar-refractivity contribution in [1.29, 1.82) is 0 Å². The molecule has 6 heteroatoms. The van der Waals surface area contributed by atoms with Crippen molar-refractivity contribution in [2.75, 3.05) is 6.54 Å². The van der Waals surface area contributed by atoms with Crippen LogP contribution in [0.15, 0.2) is 5.38 Å². The van der Waals surface area contributed by atoms with E-state index in [0.717, 1.165) is 30.0 Å². The number of carbonyl (C=O) groups excluding carboxylic acids is 2. The van der Waals surface area contributed by atoms with E-state index in [1.807, 2.05) is 5.38 Å². The number of thiazole rings is 1. The lowest BCUT2D eigenvalue weighted by Crippen LogP contribution is -2.33. The normalized spacial score (nSPS) is 26.3. The third-order valence-corrected chi connectivity index (χ3v) is 5.20. The van der Waals surface area contributed by atoms with Gasteiger partial charge in [-0.1, -0.05) is 6.42 Å². The zero-order valence-electron chi connectivity index (χ0n) is 10.5. The Labute approximate surface area is 120 Å². The van der Waals surface area contributed by atoms with Gasteiger partial charge < -0.3 is 0 Å². The topological polar surface area (TPSA) is 50.3 Å². The van der Waals surface area contributed by atoms with Gasteiger partial charge in [0.15, 0.2) is 0 Å². The maximum Gasteiger partial charge on any atom is 0.233 e. The van der Waals surface area contributed by atoms with E-state index < -0.39 is 0 Å². The number of alkyl halides is 1. The van der Waals surface area contributed by atoms with E-state index in [2.05, 4.69) is 4.98 Å². The van der Waals surface area contributed by atoms with Gasteiger partial charge in [0.2, 0.25) is 11.8 Å². The van der Waals surface area contributed by atoms with Gasteiger partial charge in [-0.3, -0.25) is 14.5 Å². The van der Waals surface area contributed by atoms with Crippen LogP contribution < -0.4 is 0 Å². The number of hydrogen-bond acceptors (Lipinski definition) is 4. The Balaban J connectivity index is 1.64. The summed E-state index contributed by atoms with van der Waals surface area (Å²) in [6.07, 6.45) is 3.39. The second kappa shape index (κ2) is 5.21. The average molecular weight is 299 g/mol. The molecule has 1 aromatic rings. The predicted octanol–water partition coefficient (Wildman–Crippen LogP) is 2.21. The number of rotatable bonds is 4. The van der Waals surface area contributed by atoms with Crippen LogP contribution in [0.4, 0.5) is 0 Å². The maximum atomic E-state index is 12.1. The maximum absolute atomic E-state index is 12.1. The molecule has 1 saturated carbocycles. The van der Waals surface area contributed by atoms with Crippen LogP contribution in [0.1, 0.15) is 30.0 Å². The van der Waals surface area contributed by atoms with Crippen molar-refractivity contribution in [3.63, 3.8) is 0 Å². The Kier molecular flexibility index (Phi) is 3.58. The van der Waals surface area contributed by atoms with E-state index >= 15 is 0 Å². The molecule has 4 nitrogen and oxygen atoms in total. The van der Waals surface area contributed by atoms with Crippen molar-refractivity contribution in [3.8, 4) is 0 Å². The summed E-state index contributed by atoms with van der Waals surface area (Å²) >= 11 is 7.24. The number of amides is 2. The van der Waals surface area contributed by atoms with Crippen LogP contribution in [0.5, 0.6) is 0 Å². The zero-order chi connectivity index (χ0) is 13.4. The molecular weight excluding hydrogens is 284 g/mol. The molecule has 3 rings (SSSR count). The summed E-state index contributed by atoms with van der Waals surface area (Å²) < 4.78 is 0. The van der Waals surface area contributed by atoms with Gasteiger partial charge in [-0.15, -0.1) is 22.9 Å². The Morgan fingerprint density at radius 3 is 2.58 bits per heavy atom. The van der Waals surface area contributed by atoms with E-state index in [1.54, 1.807) is 0 Å². The predicted molar refractivity (Wildman–Crippen MR) is 72.9 cm³/mol. The Morgan fingerprint density at radius 2 is 2.00 bits per heavy atom. The molecule has 0 spiro atoms. The molecule has 1 aliphatic carbocycles. The molecule has 19 heavy (non-hydrogen) atoms. The number of imide groups is 1. The summed E-state index contributed by atoms with van der Waals surface area (Å²) in [5.74, 6) is 0.384. The van der Waals surface area contributed by atoms with Crippen molar-refractivity contribution in [2.24, 2.45) is 11.8 Å². The molecule has 2 amide bonds. The molecule has 1 aromatic heterocycles. The van der Waals surface area contributed by atoms with Gasteiger partial charge in [0, 0.05) is 18.3 Å². The van der Waals surface area contributed by atoms with Gasteiger partial charge in [-0.2, -0.15) is 0 Å². The van der Waals surface area contributed by atoms with Crippen molar-refractivity contribution in [2.45, 2.75) is 31.6 Å². The molecule has 0 aromatic carbocycles. The monoisotopic (exact) mass is 298 g/mol. The summed E-state index contributed by atoms with van der Waals surface area (Å²) in [7, 11) is 0. The van der Waals surface area contributed by atoms with Gasteiger partial charge in [0.1, 0.15) is 0 Å². The molecular formula is C13H15ClN2O2S. The second-order valence-electron chi connectivity index (χ2n) is 5.09. The standard InChI is InChI=1S/C13H15ClN2O2S/c14-6-8-7-19-11(15-8)4-5-16-12(17)9-2-1-3-10(9)13(16)18/h7,9-10H,1-6H2. The van der Waals surface area contributed by atoms with Crippen molar-refractivity contribution >= 4 is 34.8 Å². The number of hydrogen-bond donors (Lipinski definition) is 0. The Morgan fingerprint density at radius 1 is 1.32 bits per heavy atom. The van der Waals surface area contributed by atoms with Gasteiger partial charge in [-0.25, -0.2) is 4.98 Å². The minimum absolute atomic E-state index is 0.0293. The summed E-state index contributed by atoms with van der Waals surface area (Å²) in [6.45, 7) is 0.458. The molecule has 2 fully saturated rings. The lowest BCUT2D eigenvalue weighted by Gasteiger charge is -2.14. The lowest BCUT2D eigenvalue weighted by molar-refractivity contribution is -0.140. The van der Waals surface area contributed by atoms with Crippen molar-refractivity contribution in [3.05, 3.63) is 16.1 Å². The van der Waals surface area contributed by atoms with E-state index in [4.69, 9.17) is 11.6 Å². The number of fused-ring (bicyclic) bond motifs is 1.